The molecule has 0 heterocycles. The lowest BCUT2D eigenvalue weighted by atomic mass is 9.72. The number of ether oxygens (including phenoxy) is 2. The molecule has 0 spiro atoms. The highest BCUT2D eigenvalue weighted by Gasteiger charge is 2.42. The molecular formula is C45H86O4. The van der Waals surface area contributed by atoms with Gasteiger partial charge in [-0.3, -0.25) is 9.59 Å². The Morgan fingerprint density at radius 2 is 0.796 bits per heavy atom. The molecule has 290 valence electrons. The van der Waals surface area contributed by atoms with Crippen LogP contribution in [0.25, 0.3) is 0 Å². The second kappa shape index (κ2) is 32.8. The van der Waals surface area contributed by atoms with Crippen molar-refractivity contribution in [3.8, 4) is 0 Å². The van der Waals surface area contributed by atoms with Crippen LogP contribution in [0, 0.1) is 29.6 Å². The second-order valence-corrected chi connectivity index (χ2v) is 16.3. The standard InChI is InChI=1S/C45H86O4/c1-6-10-14-18-20-24-28-34-40(32-26-22-16-12-8-3)37-48-44(46)42-36-30-31-39(5)43(42)45(47)49-38-41(33-27-23-17-13-9-4)35-29-25-21-19-15-11-7-2/h39-43H,6-38H2,1-5H3. The van der Waals surface area contributed by atoms with Gasteiger partial charge in [-0.15, -0.1) is 0 Å². The quantitative estimate of drug-likeness (QED) is 0.0498. The van der Waals surface area contributed by atoms with Crippen LogP contribution in [0.15, 0.2) is 0 Å². The van der Waals surface area contributed by atoms with Crippen LogP contribution in [0.3, 0.4) is 0 Å². The van der Waals surface area contributed by atoms with Gasteiger partial charge >= 0.3 is 11.9 Å². The van der Waals surface area contributed by atoms with Gasteiger partial charge in [0.15, 0.2) is 0 Å². The average Bonchev–Trinajstić information content (AvgIpc) is 3.10. The Kier molecular flexibility index (Phi) is 30.8. The smallest absolute Gasteiger partial charge is 0.310 e. The molecule has 0 aromatic rings. The van der Waals surface area contributed by atoms with E-state index in [1.165, 1.54) is 154 Å². The van der Waals surface area contributed by atoms with E-state index in [0.717, 1.165) is 44.9 Å². The number of esters is 2. The zero-order chi connectivity index (χ0) is 35.8. The Bertz CT molecular complexity index is 750. The topological polar surface area (TPSA) is 52.6 Å². The van der Waals surface area contributed by atoms with Crippen molar-refractivity contribution in [2.75, 3.05) is 13.2 Å². The fraction of sp³-hybridized carbons (Fsp3) is 0.956. The van der Waals surface area contributed by atoms with E-state index in [9.17, 15) is 9.59 Å². The molecule has 0 saturated heterocycles. The molecule has 1 aliphatic rings. The number of hydrogen-bond acceptors (Lipinski definition) is 4. The van der Waals surface area contributed by atoms with Crippen LogP contribution >= 0.6 is 0 Å². The first-order valence-corrected chi connectivity index (χ1v) is 22.3. The molecule has 5 atom stereocenters. The van der Waals surface area contributed by atoms with Crippen LogP contribution in [0.4, 0.5) is 0 Å². The average molecular weight is 691 g/mol. The molecule has 49 heavy (non-hydrogen) atoms. The molecule has 0 N–H and O–H groups in total. The van der Waals surface area contributed by atoms with Crippen LogP contribution in [-0.4, -0.2) is 25.2 Å². The van der Waals surface area contributed by atoms with Gasteiger partial charge in [-0.05, 0) is 56.3 Å². The van der Waals surface area contributed by atoms with Gasteiger partial charge in [0.25, 0.3) is 0 Å². The summed E-state index contributed by atoms with van der Waals surface area (Å²) >= 11 is 0. The van der Waals surface area contributed by atoms with Gasteiger partial charge in [0.05, 0.1) is 25.0 Å². The van der Waals surface area contributed by atoms with Gasteiger partial charge in [0.2, 0.25) is 0 Å². The summed E-state index contributed by atoms with van der Waals surface area (Å²) in [4.78, 5) is 27.4. The maximum atomic E-state index is 13.7. The third-order valence-corrected chi connectivity index (χ3v) is 11.6. The molecule has 1 aliphatic carbocycles. The van der Waals surface area contributed by atoms with Crippen molar-refractivity contribution in [1.29, 1.82) is 0 Å². The van der Waals surface area contributed by atoms with Crippen molar-refractivity contribution in [3.63, 3.8) is 0 Å². The maximum absolute atomic E-state index is 13.7. The summed E-state index contributed by atoms with van der Waals surface area (Å²) in [5, 5.41) is 0. The number of rotatable bonds is 34. The number of unbranched alkanes of at least 4 members (excludes halogenated alkanes) is 20. The van der Waals surface area contributed by atoms with Gasteiger partial charge in [-0.25, -0.2) is 0 Å². The third-order valence-electron chi connectivity index (χ3n) is 11.6. The first kappa shape index (κ1) is 46.0. The summed E-state index contributed by atoms with van der Waals surface area (Å²) in [6, 6.07) is 0. The fourth-order valence-corrected chi connectivity index (χ4v) is 8.16. The van der Waals surface area contributed by atoms with E-state index in [4.69, 9.17) is 9.47 Å². The van der Waals surface area contributed by atoms with Crippen LogP contribution in [0.5, 0.6) is 0 Å². The monoisotopic (exact) mass is 691 g/mol. The first-order valence-electron chi connectivity index (χ1n) is 22.3. The number of hydrogen-bond donors (Lipinski definition) is 0. The van der Waals surface area contributed by atoms with E-state index in [0.29, 0.717) is 25.0 Å². The lowest BCUT2D eigenvalue weighted by Crippen LogP contribution is -2.40. The summed E-state index contributed by atoms with van der Waals surface area (Å²) in [6.45, 7) is 12.3. The van der Waals surface area contributed by atoms with Gasteiger partial charge in [0, 0.05) is 0 Å². The molecule has 0 radical (unpaired) electrons. The lowest BCUT2D eigenvalue weighted by Gasteiger charge is -2.34. The van der Waals surface area contributed by atoms with Crippen LogP contribution in [0.2, 0.25) is 0 Å². The van der Waals surface area contributed by atoms with Crippen molar-refractivity contribution >= 4 is 11.9 Å². The Labute approximate surface area is 306 Å². The van der Waals surface area contributed by atoms with E-state index in [2.05, 4.69) is 34.6 Å². The molecule has 0 aromatic heterocycles. The van der Waals surface area contributed by atoms with E-state index >= 15 is 0 Å². The summed E-state index contributed by atoms with van der Waals surface area (Å²) in [7, 11) is 0. The van der Waals surface area contributed by atoms with Gasteiger partial charge in [-0.2, -0.15) is 0 Å². The Morgan fingerprint density at radius 3 is 1.16 bits per heavy atom. The second-order valence-electron chi connectivity index (χ2n) is 16.3. The summed E-state index contributed by atoms with van der Waals surface area (Å²) in [5.74, 6) is 0.0557. The van der Waals surface area contributed by atoms with Gasteiger partial charge < -0.3 is 9.47 Å². The largest absolute Gasteiger partial charge is 0.465 e. The van der Waals surface area contributed by atoms with Crippen LogP contribution in [-0.2, 0) is 19.1 Å². The number of carbonyl (C=O) groups is 2. The minimum absolute atomic E-state index is 0.139. The van der Waals surface area contributed by atoms with Crippen molar-refractivity contribution in [3.05, 3.63) is 0 Å². The van der Waals surface area contributed by atoms with E-state index in [1.54, 1.807) is 0 Å². The maximum Gasteiger partial charge on any atom is 0.310 e. The van der Waals surface area contributed by atoms with Crippen molar-refractivity contribution in [2.24, 2.45) is 29.6 Å². The zero-order valence-electron chi connectivity index (χ0n) is 33.9. The molecule has 0 amide bonds. The molecule has 5 unspecified atom stereocenters. The zero-order valence-corrected chi connectivity index (χ0v) is 33.9. The van der Waals surface area contributed by atoms with Crippen molar-refractivity contribution in [1.82, 2.24) is 0 Å². The lowest BCUT2D eigenvalue weighted by molar-refractivity contribution is -0.167. The Morgan fingerprint density at radius 1 is 0.469 bits per heavy atom. The van der Waals surface area contributed by atoms with Crippen LogP contribution < -0.4 is 0 Å². The predicted octanol–water partition coefficient (Wildman–Crippen LogP) is 14.4. The predicted molar refractivity (Wildman–Crippen MR) is 211 cm³/mol. The molecule has 4 nitrogen and oxygen atoms in total. The highest BCUT2D eigenvalue weighted by Crippen LogP contribution is 2.37. The Hall–Kier alpha value is -1.06. The molecule has 0 aliphatic heterocycles. The fourth-order valence-electron chi connectivity index (χ4n) is 8.16. The van der Waals surface area contributed by atoms with Crippen molar-refractivity contribution in [2.45, 2.75) is 234 Å². The van der Waals surface area contributed by atoms with E-state index in [-0.39, 0.29) is 29.7 Å². The third kappa shape index (κ3) is 23.9. The van der Waals surface area contributed by atoms with E-state index < -0.39 is 0 Å². The summed E-state index contributed by atoms with van der Waals surface area (Å²) in [5.41, 5.74) is 0. The van der Waals surface area contributed by atoms with Crippen molar-refractivity contribution < 1.29 is 19.1 Å². The highest BCUT2D eigenvalue weighted by molar-refractivity contribution is 5.82. The molecule has 0 bridgehead atoms. The normalized spacial score (nSPS) is 19.1. The molecule has 1 saturated carbocycles. The van der Waals surface area contributed by atoms with Gasteiger partial charge in [0.1, 0.15) is 0 Å². The molecule has 1 fully saturated rings. The van der Waals surface area contributed by atoms with Crippen LogP contribution in [0.1, 0.15) is 234 Å². The summed E-state index contributed by atoms with van der Waals surface area (Å²) in [6.07, 6.45) is 38.5. The summed E-state index contributed by atoms with van der Waals surface area (Å²) < 4.78 is 12.3. The molecule has 4 heteroatoms. The molecule has 1 rings (SSSR count). The first-order chi connectivity index (χ1) is 24.0. The number of carbonyl (C=O) groups excluding carboxylic acids is 2. The van der Waals surface area contributed by atoms with E-state index in [1.807, 2.05) is 0 Å². The minimum atomic E-state index is -0.361. The SMILES string of the molecule is CCCCCCCCCC(CCCCCCC)COC(=O)C1CCCC(C)C1C(=O)OCC(CCCCCCC)CCCCCCCCC. The highest BCUT2D eigenvalue weighted by atomic mass is 16.5. The molecule has 0 aromatic carbocycles. The minimum Gasteiger partial charge on any atom is -0.465 e. The molecular weight excluding hydrogens is 604 g/mol. The van der Waals surface area contributed by atoms with Gasteiger partial charge in [-0.1, -0.05) is 195 Å². The Balaban J connectivity index is 2.70.